The molecule has 0 radical (unpaired) electrons. The molecule has 7 nitrogen and oxygen atoms in total. The molecular weight excluding hydrogens is 360 g/mol. The molecule has 0 aromatic heterocycles. The van der Waals surface area contributed by atoms with Gasteiger partial charge in [-0.1, -0.05) is 24.3 Å². The average molecular weight is 386 g/mol. The molecule has 0 unspecified atom stereocenters. The van der Waals surface area contributed by atoms with Crippen molar-refractivity contribution < 1.29 is 23.8 Å². The van der Waals surface area contributed by atoms with E-state index in [0.717, 1.165) is 11.3 Å². The van der Waals surface area contributed by atoms with Crippen molar-refractivity contribution in [2.75, 3.05) is 33.9 Å². The SMILES string of the molecule is COc1ccc(CN(CCNC(=O)COc2ccccc2OC)C(C)=O)cc1. The Morgan fingerprint density at radius 3 is 2.25 bits per heavy atom. The highest BCUT2D eigenvalue weighted by Gasteiger charge is 2.11. The lowest BCUT2D eigenvalue weighted by Gasteiger charge is -2.21. The number of nitrogens with zero attached hydrogens (tertiary/aromatic N) is 1. The minimum Gasteiger partial charge on any atom is -0.497 e. The number of amides is 2. The van der Waals surface area contributed by atoms with E-state index in [2.05, 4.69) is 5.32 Å². The van der Waals surface area contributed by atoms with Gasteiger partial charge in [0, 0.05) is 26.6 Å². The second kappa shape index (κ2) is 10.8. The predicted octanol–water partition coefficient (Wildman–Crippen LogP) is 2.25. The first-order valence-corrected chi connectivity index (χ1v) is 8.94. The Kier molecular flexibility index (Phi) is 8.14. The number of rotatable bonds is 10. The van der Waals surface area contributed by atoms with Crippen LogP contribution in [-0.2, 0) is 16.1 Å². The fourth-order valence-electron chi connectivity index (χ4n) is 2.56. The zero-order chi connectivity index (χ0) is 20.4. The summed E-state index contributed by atoms with van der Waals surface area (Å²) in [6, 6.07) is 14.7. The molecule has 2 aromatic rings. The molecule has 0 bridgehead atoms. The Hall–Kier alpha value is -3.22. The molecule has 2 rings (SSSR count). The van der Waals surface area contributed by atoms with Crippen molar-refractivity contribution in [2.45, 2.75) is 13.5 Å². The Morgan fingerprint density at radius 2 is 1.64 bits per heavy atom. The molecule has 0 atom stereocenters. The molecule has 0 saturated heterocycles. The summed E-state index contributed by atoms with van der Waals surface area (Å²) >= 11 is 0. The molecule has 2 aromatic carbocycles. The van der Waals surface area contributed by atoms with Crippen molar-refractivity contribution >= 4 is 11.8 Å². The maximum absolute atomic E-state index is 12.0. The highest BCUT2D eigenvalue weighted by atomic mass is 16.5. The summed E-state index contributed by atoms with van der Waals surface area (Å²) in [6.07, 6.45) is 0. The van der Waals surface area contributed by atoms with Gasteiger partial charge in [0.25, 0.3) is 5.91 Å². The Balaban J connectivity index is 1.78. The number of hydrogen-bond donors (Lipinski definition) is 1. The van der Waals surface area contributed by atoms with E-state index in [9.17, 15) is 9.59 Å². The molecule has 0 heterocycles. The van der Waals surface area contributed by atoms with Crippen LogP contribution in [0.5, 0.6) is 17.2 Å². The van der Waals surface area contributed by atoms with Gasteiger partial charge in [-0.15, -0.1) is 0 Å². The topological polar surface area (TPSA) is 77.1 Å². The second-order valence-corrected chi connectivity index (χ2v) is 6.08. The highest BCUT2D eigenvalue weighted by Crippen LogP contribution is 2.25. The lowest BCUT2D eigenvalue weighted by molar-refractivity contribution is -0.130. The molecule has 2 amide bonds. The molecule has 0 aliphatic rings. The van der Waals surface area contributed by atoms with E-state index in [1.807, 2.05) is 30.3 Å². The van der Waals surface area contributed by atoms with Gasteiger partial charge in [-0.25, -0.2) is 0 Å². The number of hydrogen-bond acceptors (Lipinski definition) is 5. The zero-order valence-electron chi connectivity index (χ0n) is 16.4. The van der Waals surface area contributed by atoms with Crippen LogP contribution in [0.15, 0.2) is 48.5 Å². The Bertz CT molecular complexity index is 777. The minimum absolute atomic E-state index is 0.0599. The van der Waals surface area contributed by atoms with Crippen LogP contribution >= 0.6 is 0 Å². The highest BCUT2D eigenvalue weighted by molar-refractivity contribution is 5.77. The van der Waals surface area contributed by atoms with Gasteiger partial charge in [-0.2, -0.15) is 0 Å². The van der Waals surface area contributed by atoms with E-state index in [-0.39, 0.29) is 18.4 Å². The van der Waals surface area contributed by atoms with Gasteiger partial charge in [0.2, 0.25) is 5.91 Å². The number of nitrogens with one attached hydrogen (secondary N) is 1. The lowest BCUT2D eigenvalue weighted by atomic mass is 10.2. The largest absolute Gasteiger partial charge is 0.497 e. The van der Waals surface area contributed by atoms with Gasteiger partial charge in [0.15, 0.2) is 18.1 Å². The van der Waals surface area contributed by atoms with E-state index in [1.165, 1.54) is 6.92 Å². The molecule has 7 heteroatoms. The summed E-state index contributed by atoms with van der Waals surface area (Å²) in [6.45, 7) is 2.59. The van der Waals surface area contributed by atoms with E-state index >= 15 is 0 Å². The molecule has 0 spiro atoms. The van der Waals surface area contributed by atoms with Crippen LogP contribution < -0.4 is 19.5 Å². The number of carbonyl (C=O) groups excluding carboxylic acids is 2. The molecule has 150 valence electrons. The molecule has 0 aliphatic heterocycles. The summed E-state index contributed by atoms with van der Waals surface area (Å²) in [5.74, 6) is 1.51. The minimum atomic E-state index is -0.265. The zero-order valence-corrected chi connectivity index (χ0v) is 16.4. The third-order valence-corrected chi connectivity index (χ3v) is 4.11. The van der Waals surface area contributed by atoms with Gasteiger partial charge >= 0.3 is 0 Å². The van der Waals surface area contributed by atoms with Gasteiger partial charge in [-0.3, -0.25) is 9.59 Å². The molecule has 0 fully saturated rings. The van der Waals surface area contributed by atoms with Crippen LogP contribution in [0.3, 0.4) is 0 Å². The van der Waals surface area contributed by atoms with Crippen molar-refractivity contribution in [1.82, 2.24) is 10.2 Å². The van der Waals surface area contributed by atoms with Gasteiger partial charge in [-0.05, 0) is 29.8 Å². The predicted molar refractivity (Wildman–Crippen MR) is 106 cm³/mol. The van der Waals surface area contributed by atoms with Crippen molar-refractivity contribution in [3.05, 3.63) is 54.1 Å². The fourth-order valence-corrected chi connectivity index (χ4v) is 2.56. The molecule has 0 aliphatic carbocycles. The first kappa shape index (κ1) is 21.1. The van der Waals surface area contributed by atoms with E-state index < -0.39 is 0 Å². The maximum Gasteiger partial charge on any atom is 0.258 e. The smallest absolute Gasteiger partial charge is 0.258 e. The number of para-hydroxylation sites is 2. The summed E-state index contributed by atoms with van der Waals surface area (Å²) in [5, 5.41) is 2.76. The lowest BCUT2D eigenvalue weighted by Crippen LogP contribution is -2.38. The molecule has 1 N–H and O–H groups in total. The fraction of sp³-hybridized carbons (Fsp3) is 0.333. The third-order valence-electron chi connectivity index (χ3n) is 4.11. The van der Waals surface area contributed by atoms with Crippen LogP contribution in [0.4, 0.5) is 0 Å². The van der Waals surface area contributed by atoms with E-state index in [0.29, 0.717) is 31.1 Å². The van der Waals surface area contributed by atoms with E-state index in [4.69, 9.17) is 14.2 Å². The molecule has 28 heavy (non-hydrogen) atoms. The van der Waals surface area contributed by atoms with Gasteiger partial charge in [0.05, 0.1) is 14.2 Å². The van der Waals surface area contributed by atoms with Crippen molar-refractivity contribution in [2.24, 2.45) is 0 Å². The quantitative estimate of drug-likeness (QED) is 0.678. The van der Waals surface area contributed by atoms with Crippen LogP contribution in [0.2, 0.25) is 0 Å². The van der Waals surface area contributed by atoms with Crippen LogP contribution in [0.1, 0.15) is 12.5 Å². The van der Waals surface area contributed by atoms with Crippen molar-refractivity contribution in [3.63, 3.8) is 0 Å². The average Bonchev–Trinajstić information content (AvgIpc) is 2.72. The second-order valence-electron chi connectivity index (χ2n) is 6.08. The Morgan fingerprint density at radius 1 is 0.964 bits per heavy atom. The van der Waals surface area contributed by atoms with Gasteiger partial charge in [0.1, 0.15) is 5.75 Å². The standard InChI is InChI=1S/C21H26N2O5/c1-16(24)23(14-17-8-10-18(26-2)11-9-17)13-12-22-21(25)15-28-20-7-5-4-6-19(20)27-3/h4-11H,12-15H2,1-3H3,(H,22,25). The summed E-state index contributed by atoms with van der Waals surface area (Å²) < 4.78 is 15.8. The number of methoxy groups -OCH3 is 2. The van der Waals surface area contributed by atoms with E-state index in [1.54, 1.807) is 37.3 Å². The summed E-state index contributed by atoms with van der Waals surface area (Å²) in [4.78, 5) is 25.6. The first-order chi connectivity index (χ1) is 13.5. The number of benzene rings is 2. The monoisotopic (exact) mass is 386 g/mol. The normalized spacial score (nSPS) is 10.1. The summed E-state index contributed by atoms with van der Waals surface area (Å²) in [5.41, 5.74) is 0.988. The maximum atomic E-state index is 12.0. The Labute approximate surface area is 165 Å². The molecule has 0 saturated carbocycles. The van der Waals surface area contributed by atoms with Crippen LogP contribution in [-0.4, -0.2) is 50.6 Å². The molecular formula is C21H26N2O5. The third kappa shape index (κ3) is 6.50. The van der Waals surface area contributed by atoms with Gasteiger partial charge < -0.3 is 24.4 Å². The first-order valence-electron chi connectivity index (χ1n) is 8.94. The number of carbonyl (C=O) groups is 2. The van der Waals surface area contributed by atoms with Crippen molar-refractivity contribution in [1.29, 1.82) is 0 Å². The van der Waals surface area contributed by atoms with Crippen LogP contribution in [0.25, 0.3) is 0 Å². The summed E-state index contributed by atoms with van der Waals surface area (Å²) in [7, 11) is 3.15. The number of ether oxygens (including phenoxy) is 3. The van der Waals surface area contributed by atoms with Crippen molar-refractivity contribution in [3.8, 4) is 17.2 Å². The van der Waals surface area contributed by atoms with Crippen LogP contribution in [0, 0.1) is 0 Å².